The number of hydrogen-bond acceptors (Lipinski definition) is 7. The summed E-state index contributed by atoms with van der Waals surface area (Å²) < 4.78 is 42.9. The Morgan fingerprint density at radius 3 is 2.51 bits per heavy atom. The van der Waals surface area contributed by atoms with Gasteiger partial charge in [-0.05, 0) is 49.6 Å². The third-order valence-electron chi connectivity index (χ3n) is 6.74. The molecule has 4 aromatic rings. The zero-order valence-corrected chi connectivity index (χ0v) is 21.9. The van der Waals surface area contributed by atoms with Crippen LogP contribution < -0.4 is 5.56 Å². The van der Waals surface area contributed by atoms with E-state index in [0.29, 0.717) is 22.8 Å². The van der Waals surface area contributed by atoms with Gasteiger partial charge in [-0.3, -0.25) is 19.1 Å². The van der Waals surface area contributed by atoms with Gasteiger partial charge in [0.1, 0.15) is 17.5 Å². The van der Waals surface area contributed by atoms with Gasteiger partial charge in [0.25, 0.3) is 11.5 Å². The maximum Gasteiger partial charge on any atom is 0.290 e. The first-order valence-corrected chi connectivity index (χ1v) is 13.2. The summed E-state index contributed by atoms with van der Waals surface area (Å²) >= 11 is 1.18. The fourth-order valence-electron chi connectivity index (χ4n) is 4.92. The normalized spacial score (nSPS) is 16.0. The lowest BCUT2D eigenvalue weighted by Crippen LogP contribution is -2.35. The molecule has 0 saturated carbocycles. The van der Waals surface area contributed by atoms with E-state index < -0.39 is 46.4 Å². The second kappa shape index (κ2) is 10.6. The molecule has 1 aliphatic heterocycles. The molecule has 1 fully saturated rings. The molecule has 0 spiro atoms. The van der Waals surface area contributed by atoms with Gasteiger partial charge in [0.2, 0.25) is 5.88 Å². The van der Waals surface area contributed by atoms with Crippen LogP contribution in [0.25, 0.3) is 10.8 Å². The number of pyridine rings is 1. The number of halogens is 3. The number of nitrogens with zero attached hydrogens (tertiary/aromatic N) is 5. The predicted octanol–water partition coefficient (Wildman–Crippen LogP) is 4.82. The Labute approximate surface area is 225 Å². The number of carbonyl (C=O) groups excluding carboxylic acids is 1. The predicted molar refractivity (Wildman–Crippen MR) is 138 cm³/mol. The van der Waals surface area contributed by atoms with Crippen molar-refractivity contribution < 1.29 is 23.1 Å². The zero-order valence-electron chi connectivity index (χ0n) is 21.1. The lowest BCUT2D eigenvalue weighted by atomic mass is 10.0. The highest BCUT2D eigenvalue weighted by molar-refractivity contribution is 7.13. The van der Waals surface area contributed by atoms with Crippen molar-refractivity contribution in [2.45, 2.75) is 38.6 Å². The molecular weight excluding hydrogens is 531 g/mol. The number of rotatable bonds is 6. The molecule has 12 heteroatoms. The van der Waals surface area contributed by atoms with Crippen molar-refractivity contribution in [1.82, 2.24) is 24.4 Å². The Morgan fingerprint density at radius 2 is 1.90 bits per heavy atom. The van der Waals surface area contributed by atoms with Crippen LogP contribution in [-0.2, 0) is 0 Å². The molecule has 5 rings (SSSR count). The molecule has 1 saturated heterocycles. The molecular formula is C27H24F3N5O3S. The van der Waals surface area contributed by atoms with E-state index in [2.05, 4.69) is 15.0 Å². The summed E-state index contributed by atoms with van der Waals surface area (Å²) in [5.74, 6) is -3.68. The van der Waals surface area contributed by atoms with Gasteiger partial charge in [-0.2, -0.15) is 4.98 Å². The molecule has 2 atom stereocenters. The number of amides is 1. The molecule has 1 amide bonds. The molecule has 8 nitrogen and oxygen atoms in total. The summed E-state index contributed by atoms with van der Waals surface area (Å²) in [5, 5.41) is 13.5. The monoisotopic (exact) mass is 555 g/mol. The average Bonchev–Trinajstić information content (AvgIpc) is 3.55. The molecule has 0 bridgehead atoms. The minimum Gasteiger partial charge on any atom is -0.494 e. The molecule has 1 unspecified atom stereocenters. The average molecular weight is 556 g/mol. The Morgan fingerprint density at radius 1 is 1.15 bits per heavy atom. The molecule has 3 aromatic heterocycles. The van der Waals surface area contributed by atoms with Crippen molar-refractivity contribution in [2.75, 3.05) is 13.1 Å². The number of aromatic nitrogens is 4. The summed E-state index contributed by atoms with van der Waals surface area (Å²) in [4.78, 5) is 40.8. The largest absolute Gasteiger partial charge is 0.494 e. The zero-order chi connectivity index (χ0) is 27.8. The van der Waals surface area contributed by atoms with Crippen molar-refractivity contribution in [3.8, 4) is 16.7 Å². The molecule has 0 radical (unpaired) electrons. The van der Waals surface area contributed by atoms with Crippen LogP contribution in [0.4, 0.5) is 13.2 Å². The SMILES string of the molecule is CC[C@@H](c1cc(F)cc(F)c1)n1c(-c2nc(C)cs2)nc(=O)c(C(=O)N2CCC(c3ccc(F)cn3)C2)c1O. The Hall–Kier alpha value is -4.06. The number of benzene rings is 1. The van der Waals surface area contributed by atoms with Crippen LogP contribution in [0.5, 0.6) is 5.88 Å². The van der Waals surface area contributed by atoms with Crippen LogP contribution in [0.2, 0.25) is 0 Å². The van der Waals surface area contributed by atoms with Gasteiger partial charge < -0.3 is 10.0 Å². The number of hydrogen-bond donors (Lipinski definition) is 1. The van der Waals surface area contributed by atoms with Crippen LogP contribution in [0, 0.1) is 24.4 Å². The number of carbonyl (C=O) groups is 1. The summed E-state index contributed by atoms with van der Waals surface area (Å²) in [7, 11) is 0. The minimum absolute atomic E-state index is 0.0153. The summed E-state index contributed by atoms with van der Waals surface area (Å²) in [5.41, 5.74) is -0.0412. The first kappa shape index (κ1) is 26.5. The molecule has 0 aliphatic carbocycles. The second-order valence-corrected chi connectivity index (χ2v) is 10.2. The van der Waals surface area contributed by atoms with E-state index in [0.717, 1.165) is 24.4 Å². The summed E-state index contributed by atoms with van der Waals surface area (Å²) in [6, 6.07) is 4.97. The van der Waals surface area contributed by atoms with E-state index in [-0.39, 0.29) is 36.8 Å². The van der Waals surface area contributed by atoms with Crippen LogP contribution in [0.1, 0.15) is 59.0 Å². The molecule has 202 valence electrons. The number of aryl methyl sites for hydroxylation is 1. The maximum absolute atomic E-state index is 14.2. The first-order chi connectivity index (χ1) is 18.7. The van der Waals surface area contributed by atoms with E-state index in [1.807, 2.05) is 0 Å². The van der Waals surface area contributed by atoms with Gasteiger partial charge in [0.05, 0.1) is 12.2 Å². The smallest absolute Gasteiger partial charge is 0.290 e. The van der Waals surface area contributed by atoms with Crippen molar-refractivity contribution in [3.05, 3.63) is 92.2 Å². The molecule has 1 aromatic carbocycles. The van der Waals surface area contributed by atoms with Crippen molar-refractivity contribution in [2.24, 2.45) is 0 Å². The van der Waals surface area contributed by atoms with Crippen LogP contribution in [-0.4, -0.2) is 48.5 Å². The molecule has 1 N–H and O–H groups in total. The number of thiazole rings is 1. The van der Waals surface area contributed by atoms with Crippen molar-refractivity contribution in [3.63, 3.8) is 0 Å². The Bertz CT molecular complexity index is 1590. The van der Waals surface area contributed by atoms with Gasteiger partial charge >= 0.3 is 0 Å². The lowest BCUT2D eigenvalue weighted by molar-refractivity contribution is 0.0783. The van der Waals surface area contributed by atoms with Gasteiger partial charge in [-0.1, -0.05) is 6.92 Å². The van der Waals surface area contributed by atoms with E-state index in [1.54, 1.807) is 25.3 Å². The van der Waals surface area contributed by atoms with Crippen molar-refractivity contribution >= 4 is 17.2 Å². The third-order valence-corrected chi connectivity index (χ3v) is 7.69. The van der Waals surface area contributed by atoms with Crippen molar-refractivity contribution in [1.29, 1.82) is 0 Å². The highest BCUT2D eigenvalue weighted by Crippen LogP contribution is 2.36. The van der Waals surface area contributed by atoms with E-state index in [9.17, 15) is 27.9 Å². The first-order valence-electron chi connectivity index (χ1n) is 12.3. The van der Waals surface area contributed by atoms with Crippen LogP contribution in [0.15, 0.2) is 46.7 Å². The maximum atomic E-state index is 14.2. The van der Waals surface area contributed by atoms with E-state index in [4.69, 9.17) is 0 Å². The van der Waals surface area contributed by atoms with E-state index in [1.165, 1.54) is 26.9 Å². The number of aromatic hydroxyl groups is 1. The van der Waals surface area contributed by atoms with Gasteiger partial charge in [0.15, 0.2) is 16.4 Å². The van der Waals surface area contributed by atoms with Gasteiger partial charge in [-0.15, -0.1) is 11.3 Å². The topological polar surface area (TPSA) is 101 Å². The quantitative estimate of drug-likeness (QED) is 0.366. The third kappa shape index (κ3) is 5.16. The fourth-order valence-corrected chi connectivity index (χ4v) is 5.70. The minimum atomic E-state index is -0.944. The lowest BCUT2D eigenvalue weighted by Gasteiger charge is -2.25. The fraction of sp³-hybridized carbons (Fsp3) is 0.296. The van der Waals surface area contributed by atoms with Gasteiger partial charge in [-0.25, -0.2) is 18.2 Å². The second-order valence-electron chi connectivity index (χ2n) is 9.37. The number of likely N-dealkylation sites (tertiary alicyclic amines) is 1. The van der Waals surface area contributed by atoms with Gasteiger partial charge in [0, 0.05) is 41.8 Å². The standard InChI is InChI=1S/C27H24F3N5O3S/c1-3-21(16-8-18(29)10-19(30)9-16)35-23(25-32-14(2)13-39-25)33-24(36)22(27(35)38)26(37)34-7-6-15(12-34)20-5-4-17(28)11-31-20/h4-5,8-11,13,15,21,38H,3,6-7,12H2,1-2H3/t15?,21-/m0/s1. The molecule has 39 heavy (non-hydrogen) atoms. The molecule has 4 heterocycles. The van der Waals surface area contributed by atoms with Crippen LogP contribution >= 0.6 is 11.3 Å². The highest BCUT2D eigenvalue weighted by Gasteiger charge is 2.35. The molecule has 1 aliphatic rings. The summed E-state index contributed by atoms with van der Waals surface area (Å²) in [6.07, 6.45) is 1.88. The van der Waals surface area contributed by atoms with E-state index >= 15 is 0 Å². The Balaban J connectivity index is 1.60. The van der Waals surface area contributed by atoms with Crippen LogP contribution in [0.3, 0.4) is 0 Å². The highest BCUT2D eigenvalue weighted by atomic mass is 32.1. The Kier molecular flexibility index (Phi) is 7.21. The summed E-state index contributed by atoms with van der Waals surface area (Å²) in [6.45, 7) is 3.97.